The number of aliphatic carboxylic acids is 1. The molecule has 7 heteroatoms. The number of carbonyl (C=O) groups excluding carboxylic acids is 1. The fraction of sp³-hybridized carbons (Fsp3) is 0.500. The lowest BCUT2D eigenvalue weighted by atomic mass is 10.3. The van der Waals surface area contributed by atoms with Gasteiger partial charge in [0.1, 0.15) is 6.54 Å². The lowest BCUT2D eigenvalue weighted by molar-refractivity contribution is -0.137. The lowest BCUT2D eigenvalue weighted by Crippen LogP contribution is -2.43. The first-order chi connectivity index (χ1) is 8.13. The summed E-state index contributed by atoms with van der Waals surface area (Å²) in [5.41, 5.74) is 2.66. The Balaban J connectivity index is 2.29. The van der Waals surface area contributed by atoms with E-state index < -0.39 is 5.97 Å². The van der Waals surface area contributed by atoms with Gasteiger partial charge in [-0.1, -0.05) is 0 Å². The molecule has 2 N–H and O–H groups in total. The molecule has 0 fully saturated rings. The Morgan fingerprint density at radius 3 is 2.88 bits per heavy atom. The van der Waals surface area contributed by atoms with Crippen LogP contribution >= 0.6 is 11.3 Å². The molecule has 0 atom stereocenters. The summed E-state index contributed by atoms with van der Waals surface area (Å²) in [6.45, 7) is 2.29. The van der Waals surface area contributed by atoms with Gasteiger partial charge in [0.25, 0.3) is 0 Å². The number of amides is 2. The third-order valence-electron chi connectivity index (χ3n) is 2.14. The van der Waals surface area contributed by atoms with E-state index in [0.717, 1.165) is 5.69 Å². The molecule has 0 saturated heterocycles. The Morgan fingerprint density at radius 1 is 1.59 bits per heavy atom. The minimum Gasteiger partial charge on any atom is -0.480 e. The molecule has 6 nitrogen and oxygen atoms in total. The zero-order chi connectivity index (χ0) is 12.7. The molecule has 0 radical (unpaired) electrons. The van der Waals surface area contributed by atoms with Gasteiger partial charge in [-0.05, 0) is 6.92 Å². The van der Waals surface area contributed by atoms with E-state index in [0.29, 0.717) is 19.5 Å². The highest BCUT2D eigenvalue weighted by molar-refractivity contribution is 7.07. The molecule has 1 heterocycles. The summed E-state index contributed by atoms with van der Waals surface area (Å²) >= 11 is 1.51. The molecule has 0 aliphatic heterocycles. The van der Waals surface area contributed by atoms with Gasteiger partial charge in [-0.2, -0.15) is 0 Å². The second kappa shape index (κ2) is 6.85. The van der Waals surface area contributed by atoms with Crippen LogP contribution in [0.15, 0.2) is 10.9 Å². The Bertz CT molecular complexity index is 367. The van der Waals surface area contributed by atoms with E-state index in [4.69, 9.17) is 5.11 Å². The molecule has 1 aromatic heterocycles. The molecule has 0 aliphatic carbocycles. The van der Waals surface area contributed by atoms with Gasteiger partial charge in [-0.3, -0.25) is 4.79 Å². The molecule has 0 saturated carbocycles. The number of nitrogens with zero attached hydrogens (tertiary/aromatic N) is 2. The van der Waals surface area contributed by atoms with Gasteiger partial charge in [0.2, 0.25) is 0 Å². The van der Waals surface area contributed by atoms with Crippen LogP contribution in [0.4, 0.5) is 4.79 Å². The minimum absolute atomic E-state index is 0.279. The summed E-state index contributed by atoms with van der Waals surface area (Å²) in [5.74, 6) is -1.01. The highest BCUT2D eigenvalue weighted by atomic mass is 32.1. The number of likely N-dealkylation sites (N-methyl/N-ethyl adjacent to an activating group) is 1. The van der Waals surface area contributed by atoms with Crippen LogP contribution < -0.4 is 5.32 Å². The Kier molecular flexibility index (Phi) is 5.41. The Morgan fingerprint density at radius 2 is 2.35 bits per heavy atom. The van der Waals surface area contributed by atoms with Crippen molar-refractivity contribution in [1.82, 2.24) is 15.2 Å². The monoisotopic (exact) mass is 257 g/mol. The predicted octanol–water partition coefficient (Wildman–Crippen LogP) is 0.802. The van der Waals surface area contributed by atoms with E-state index in [2.05, 4.69) is 10.3 Å². The van der Waals surface area contributed by atoms with Gasteiger partial charge in [0.05, 0.1) is 11.2 Å². The zero-order valence-corrected chi connectivity index (χ0v) is 10.4. The quantitative estimate of drug-likeness (QED) is 0.789. The van der Waals surface area contributed by atoms with Gasteiger partial charge in [-0.15, -0.1) is 11.3 Å². The highest BCUT2D eigenvalue weighted by Gasteiger charge is 2.13. The molecule has 2 amide bonds. The number of hydrogen-bond donors (Lipinski definition) is 2. The van der Waals surface area contributed by atoms with Crippen LogP contribution in [0.3, 0.4) is 0 Å². The first-order valence-electron chi connectivity index (χ1n) is 5.25. The van der Waals surface area contributed by atoms with Crippen molar-refractivity contribution in [1.29, 1.82) is 0 Å². The molecule has 0 aromatic carbocycles. The lowest BCUT2D eigenvalue weighted by Gasteiger charge is -2.18. The van der Waals surface area contributed by atoms with Crippen molar-refractivity contribution in [2.45, 2.75) is 13.3 Å². The molecule has 0 bridgehead atoms. The molecular weight excluding hydrogens is 242 g/mol. The molecule has 1 aromatic rings. The normalized spacial score (nSPS) is 9.94. The van der Waals surface area contributed by atoms with Crippen LogP contribution in [0.1, 0.15) is 12.6 Å². The van der Waals surface area contributed by atoms with Gasteiger partial charge in [0.15, 0.2) is 0 Å². The fourth-order valence-corrected chi connectivity index (χ4v) is 1.85. The third kappa shape index (κ3) is 4.81. The molecule has 0 unspecified atom stereocenters. The van der Waals surface area contributed by atoms with Crippen molar-refractivity contribution >= 4 is 23.3 Å². The third-order valence-corrected chi connectivity index (χ3v) is 2.77. The molecule has 0 spiro atoms. The second-order valence-electron chi connectivity index (χ2n) is 3.37. The largest absolute Gasteiger partial charge is 0.480 e. The molecule has 94 valence electrons. The smallest absolute Gasteiger partial charge is 0.323 e. The van der Waals surface area contributed by atoms with Crippen molar-refractivity contribution in [3.8, 4) is 0 Å². The summed E-state index contributed by atoms with van der Waals surface area (Å²) in [6.07, 6.45) is 0.653. The standard InChI is InChI=1S/C10H15N3O3S/c1-2-13(5-9(14)15)10(16)11-4-3-8-6-17-7-12-8/h6-7H,2-5H2,1H3,(H,11,16)(H,14,15). The maximum atomic E-state index is 11.6. The van der Waals surface area contributed by atoms with Crippen LogP contribution in [-0.2, 0) is 11.2 Å². The summed E-state index contributed by atoms with van der Waals surface area (Å²) in [5, 5.41) is 13.2. The van der Waals surface area contributed by atoms with Gasteiger partial charge in [0, 0.05) is 24.9 Å². The van der Waals surface area contributed by atoms with Crippen molar-refractivity contribution in [2.75, 3.05) is 19.6 Å². The van der Waals surface area contributed by atoms with Crippen molar-refractivity contribution in [3.05, 3.63) is 16.6 Å². The number of hydrogen-bond acceptors (Lipinski definition) is 4. The number of aromatic nitrogens is 1. The SMILES string of the molecule is CCN(CC(=O)O)C(=O)NCCc1cscn1. The number of nitrogens with one attached hydrogen (secondary N) is 1. The number of urea groups is 1. The van der Waals surface area contributed by atoms with Gasteiger partial charge >= 0.3 is 12.0 Å². The molecule has 1 rings (SSSR count). The summed E-state index contributed by atoms with van der Waals surface area (Å²) < 4.78 is 0. The van der Waals surface area contributed by atoms with Crippen molar-refractivity contribution in [3.63, 3.8) is 0 Å². The maximum absolute atomic E-state index is 11.6. The fourth-order valence-electron chi connectivity index (χ4n) is 1.26. The van der Waals surface area contributed by atoms with E-state index in [1.54, 1.807) is 12.4 Å². The molecule has 0 aliphatic rings. The second-order valence-corrected chi connectivity index (χ2v) is 4.09. The van der Waals surface area contributed by atoms with Crippen molar-refractivity contribution < 1.29 is 14.7 Å². The maximum Gasteiger partial charge on any atom is 0.323 e. The number of thiazole rings is 1. The van der Waals surface area contributed by atoms with E-state index in [1.807, 2.05) is 5.38 Å². The van der Waals surface area contributed by atoms with E-state index in [-0.39, 0.29) is 12.6 Å². The van der Waals surface area contributed by atoms with E-state index in [1.165, 1.54) is 16.2 Å². The molecule has 17 heavy (non-hydrogen) atoms. The first-order valence-corrected chi connectivity index (χ1v) is 6.19. The summed E-state index contributed by atoms with van der Waals surface area (Å²) in [7, 11) is 0. The molecular formula is C10H15N3O3S. The van der Waals surface area contributed by atoms with Crippen molar-refractivity contribution in [2.24, 2.45) is 0 Å². The Labute approximate surface area is 103 Å². The van der Waals surface area contributed by atoms with E-state index >= 15 is 0 Å². The first kappa shape index (κ1) is 13.4. The van der Waals surface area contributed by atoms with Gasteiger partial charge in [-0.25, -0.2) is 9.78 Å². The Hall–Kier alpha value is -1.63. The topological polar surface area (TPSA) is 82.5 Å². The zero-order valence-electron chi connectivity index (χ0n) is 9.55. The van der Waals surface area contributed by atoms with Gasteiger partial charge < -0.3 is 15.3 Å². The van der Waals surface area contributed by atoms with Crippen LogP contribution in [0.5, 0.6) is 0 Å². The van der Waals surface area contributed by atoms with Crippen LogP contribution in [0.2, 0.25) is 0 Å². The van der Waals surface area contributed by atoms with Crippen LogP contribution in [0.25, 0.3) is 0 Å². The number of carbonyl (C=O) groups is 2. The highest BCUT2D eigenvalue weighted by Crippen LogP contribution is 2.00. The predicted molar refractivity (Wildman–Crippen MR) is 64.1 cm³/mol. The van der Waals surface area contributed by atoms with Crippen LogP contribution in [0, 0.1) is 0 Å². The summed E-state index contributed by atoms with van der Waals surface area (Å²) in [4.78, 5) is 27.4. The average Bonchev–Trinajstić information content (AvgIpc) is 2.78. The van der Waals surface area contributed by atoms with Crippen LogP contribution in [-0.4, -0.2) is 46.6 Å². The van der Waals surface area contributed by atoms with E-state index in [9.17, 15) is 9.59 Å². The minimum atomic E-state index is -1.01. The number of carboxylic acids is 1. The summed E-state index contributed by atoms with van der Waals surface area (Å²) in [6, 6.07) is -0.356. The number of carboxylic acid groups (broad SMARTS) is 1. The average molecular weight is 257 g/mol. The number of rotatable bonds is 6.